The zero-order valence-corrected chi connectivity index (χ0v) is 7.79. The molecule has 0 aliphatic heterocycles. The zero-order valence-electron chi connectivity index (χ0n) is 6.64. The van der Waals surface area contributed by atoms with Crippen LogP contribution in [-0.2, 0) is 4.53 Å². The molecular weight excluding hydrogens is 130 g/mol. The Morgan fingerprint density at radius 3 is 2.44 bits per heavy atom. The van der Waals surface area contributed by atoms with E-state index < -0.39 is 9.04 Å². The van der Waals surface area contributed by atoms with Crippen molar-refractivity contribution in [3.05, 3.63) is 0 Å². The fourth-order valence-electron chi connectivity index (χ4n) is 0.260. The first-order valence-corrected chi connectivity index (χ1v) is 6.14. The van der Waals surface area contributed by atoms with Gasteiger partial charge in [0.15, 0.2) is 0 Å². The van der Waals surface area contributed by atoms with Gasteiger partial charge in [0.1, 0.15) is 0 Å². The SMILES string of the molecule is CC/C(C)=N/O[SiH](C)C. The van der Waals surface area contributed by atoms with E-state index in [1.54, 1.807) is 0 Å². The highest BCUT2D eigenvalue weighted by Crippen LogP contribution is 1.88. The van der Waals surface area contributed by atoms with Gasteiger partial charge in [0, 0.05) is 0 Å². The lowest BCUT2D eigenvalue weighted by atomic mass is 10.3. The normalized spacial score (nSPS) is 12.3. The smallest absolute Gasteiger partial charge is 0.266 e. The average molecular weight is 145 g/mol. The van der Waals surface area contributed by atoms with Gasteiger partial charge in [-0.3, -0.25) is 0 Å². The van der Waals surface area contributed by atoms with Crippen LogP contribution in [0.5, 0.6) is 0 Å². The van der Waals surface area contributed by atoms with E-state index in [2.05, 4.69) is 25.2 Å². The van der Waals surface area contributed by atoms with Gasteiger partial charge in [0.2, 0.25) is 0 Å². The Morgan fingerprint density at radius 2 is 2.11 bits per heavy atom. The minimum absolute atomic E-state index is 0.928. The van der Waals surface area contributed by atoms with Gasteiger partial charge in [0.05, 0.1) is 5.71 Å². The number of nitrogens with zero attached hydrogens (tertiary/aromatic N) is 1. The summed E-state index contributed by atoms with van der Waals surface area (Å²) in [5.74, 6) is 0. The third kappa shape index (κ3) is 5.56. The molecule has 0 aliphatic rings. The monoisotopic (exact) mass is 145 g/mol. The van der Waals surface area contributed by atoms with E-state index in [0.29, 0.717) is 0 Å². The Labute approximate surface area is 58.6 Å². The molecule has 0 saturated carbocycles. The Bertz CT molecular complexity index is 101. The minimum atomic E-state index is -0.928. The van der Waals surface area contributed by atoms with Crippen molar-refractivity contribution in [3.63, 3.8) is 0 Å². The predicted molar refractivity (Wildman–Crippen MR) is 43.4 cm³/mol. The van der Waals surface area contributed by atoms with Crippen LogP contribution in [0.2, 0.25) is 13.1 Å². The summed E-state index contributed by atoms with van der Waals surface area (Å²) in [6, 6.07) is 0. The first-order valence-electron chi connectivity index (χ1n) is 3.36. The Balaban J connectivity index is 3.43. The van der Waals surface area contributed by atoms with Gasteiger partial charge in [0.25, 0.3) is 9.04 Å². The highest BCUT2D eigenvalue weighted by Gasteiger charge is 1.92. The lowest BCUT2D eigenvalue weighted by molar-refractivity contribution is 0.350. The molecule has 0 aromatic heterocycles. The summed E-state index contributed by atoms with van der Waals surface area (Å²) in [7, 11) is -0.928. The van der Waals surface area contributed by atoms with E-state index >= 15 is 0 Å². The number of rotatable bonds is 3. The molecule has 0 bridgehead atoms. The highest BCUT2D eigenvalue weighted by atomic mass is 28.3. The molecule has 0 atom stereocenters. The van der Waals surface area contributed by atoms with Gasteiger partial charge in [-0.15, -0.1) is 5.16 Å². The summed E-state index contributed by atoms with van der Waals surface area (Å²) in [5.41, 5.74) is 1.08. The van der Waals surface area contributed by atoms with E-state index in [0.717, 1.165) is 12.1 Å². The first-order chi connectivity index (χ1) is 4.16. The van der Waals surface area contributed by atoms with Gasteiger partial charge < -0.3 is 4.53 Å². The maximum atomic E-state index is 5.12. The van der Waals surface area contributed by atoms with E-state index in [1.165, 1.54) is 0 Å². The molecule has 0 aliphatic carbocycles. The van der Waals surface area contributed by atoms with Gasteiger partial charge in [-0.05, 0) is 26.4 Å². The molecular formula is C6H15NOSi. The zero-order chi connectivity index (χ0) is 7.28. The molecule has 54 valence electrons. The predicted octanol–water partition coefficient (Wildman–Crippen LogP) is 1.77. The molecule has 0 unspecified atom stereocenters. The van der Waals surface area contributed by atoms with Crippen molar-refractivity contribution in [2.45, 2.75) is 33.4 Å². The van der Waals surface area contributed by atoms with Crippen LogP contribution in [0.4, 0.5) is 0 Å². The van der Waals surface area contributed by atoms with E-state index in [1.807, 2.05) is 6.92 Å². The van der Waals surface area contributed by atoms with Crippen LogP contribution in [0.3, 0.4) is 0 Å². The van der Waals surface area contributed by atoms with Crippen molar-refractivity contribution in [1.82, 2.24) is 0 Å². The highest BCUT2D eigenvalue weighted by molar-refractivity contribution is 6.48. The van der Waals surface area contributed by atoms with Crippen LogP contribution in [0.1, 0.15) is 20.3 Å². The topological polar surface area (TPSA) is 21.6 Å². The lowest BCUT2D eigenvalue weighted by Gasteiger charge is -2.01. The molecule has 0 saturated heterocycles. The maximum Gasteiger partial charge on any atom is 0.266 e. The molecule has 2 nitrogen and oxygen atoms in total. The second kappa shape index (κ2) is 4.55. The third-order valence-electron chi connectivity index (χ3n) is 0.931. The van der Waals surface area contributed by atoms with Crippen molar-refractivity contribution in [1.29, 1.82) is 0 Å². The fraction of sp³-hybridized carbons (Fsp3) is 0.833. The fourth-order valence-corrected chi connectivity index (χ4v) is 0.651. The summed E-state index contributed by atoms with van der Waals surface area (Å²) in [4.78, 5) is 0. The first kappa shape index (κ1) is 8.69. The summed E-state index contributed by atoms with van der Waals surface area (Å²) < 4.78 is 5.12. The summed E-state index contributed by atoms with van der Waals surface area (Å²) >= 11 is 0. The van der Waals surface area contributed by atoms with Crippen molar-refractivity contribution in [2.75, 3.05) is 0 Å². The van der Waals surface area contributed by atoms with Crippen molar-refractivity contribution < 1.29 is 4.53 Å². The van der Waals surface area contributed by atoms with E-state index in [4.69, 9.17) is 4.53 Å². The van der Waals surface area contributed by atoms with Gasteiger partial charge in [-0.1, -0.05) is 6.92 Å². The Kier molecular flexibility index (Phi) is 4.40. The molecule has 0 heterocycles. The second-order valence-electron chi connectivity index (χ2n) is 2.33. The van der Waals surface area contributed by atoms with Crippen LogP contribution >= 0.6 is 0 Å². The Morgan fingerprint density at radius 1 is 1.56 bits per heavy atom. The largest absolute Gasteiger partial charge is 0.459 e. The quantitative estimate of drug-likeness (QED) is 0.337. The summed E-state index contributed by atoms with van der Waals surface area (Å²) in [6.07, 6.45) is 0.987. The molecule has 9 heavy (non-hydrogen) atoms. The molecule has 0 aromatic carbocycles. The van der Waals surface area contributed by atoms with Gasteiger partial charge >= 0.3 is 0 Å². The van der Waals surface area contributed by atoms with E-state index in [9.17, 15) is 0 Å². The molecule has 0 spiro atoms. The number of hydrogen-bond donors (Lipinski definition) is 0. The Hall–Kier alpha value is -0.313. The maximum absolute atomic E-state index is 5.12. The van der Waals surface area contributed by atoms with E-state index in [-0.39, 0.29) is 0 Å². The van der Waals surface area contributed by atoms with Crippen LogP contribution in [0.25, 0.3) is 0 Å². The van der Waals surface area contributed by atoms with Crippen LogP contribution in [-0.4, -0.2) is 14.8 Å². The van der Waals surface area contributed by atoms with Crippen LogP contribution in [0, 0.1) is 0 Å². The molecule has 0 radical (unpaired) electrons. The van der Waals surface area contributed by atoms with Crippen LogP contribution in [0.15, 0.2) is 5.16 Å². The molecule has 3 heteroatoms. The summed E-state index contributed by atoms with van der Waals surface area (Å²) in [5, 5.41) is 3.92. The minimum Gasteiger partial charge on any atom is -0.459 e. The number of hydrogen-bond acceptors (Lipinski definition) is 2. The lowest BCUT2D eigenvalue weighted by Crippen LogP contribution is -2.03. The molecule has 0 amide bonds. The molecule has 0 N–H and O–H groups in total. The summed E-state index contributed by atoms with van der Waals surface area (Å²) in [6.45, 7) is 8.26. The van der Waals surface area contributed by atoms with Crippen LogP contribution < -0.4 is 0 Å². The van der Waals surface area contributed by atoms with Gasteiger partial charge in [-0.2, -0.15) is 0 Å². The van der Waals surface area contributed by atoms with Crippen molar-refractivity contribution in [2.24, 2.45) is 5.16 Å². The van der Waals surface area contributed by atoms with Crippen molar-refractivity contribution >= 4 is 14.8 Å². The molecule has 0 rings (SSSR count). The standard InChI is InChI=1S/C6H15NOSi/c1-5-6(2)7-8-9(3)4/h9H,5H2,1-4H3/b7-6+. The molecule has 0 fully saturated rings. The third-order valence-corrected chi connectivity index (χ3v) is 1.46. The number of oxime groups is 1. The second-order valence-corrected chi connectivity index (χ2v) is 4.64. The van der Waals surface area contributed by atoms with Gasteiger partial charge in [-0.25, -0.2) is 0 Å². The van der Waals surface area contributed by atoms with Crippen molar-refractivity contribution in [3.8, 4) is 0 Å². The average Bonchev–Trinajstić information content (AvgIpc) is 1.83. The molecule has 0 aromatic rings.